The fourth-order valence-electron chi connectivity index (χ4n) is 2.53. The van der Waals surface area contributed by atoms with E-state index < -0.39 is 0 Å². The molecule has 0 saturated carbocycles. The first-order valence-corrected chi connectivity index (χ1v) is 6.90. The lowest BCUT2D eigenvalue weighted by atomic mass is 9.98. The Morgan fingerprint density at radius 2 is 1.74 bits per heavy atom. The maximum Gasteiger partial charge on any atom is 0.0495 e. The average Bonchev–Trinajstić information content (AvgIpc) is 2.83. The molecule has 0 bridgehead atoms. The summed E-state index contributed by atoms with van der Waals surface area (Å²) >= 11 is 5.95. The van der Waals surface area contributed by atoms with E-state index >= 15 is 0 Å². The van der Waals surface area contributed by atoms with E-state index in [1.807, 2.05) is 12.1 Å². The summed E-state index contributed by atoms with van der Waals surface area (Å²) in [6.45, 7) is 4.44. The summed E-state index contributed by atoms with van der Waals surface area (Å²) < 4.78 is 0. The molecule has 0 amide bonds. The van der Waals surface area contributed by atoms with Crippen molar-refractivity contribution in [2.45, 2.75) is 19.8 Å². The monoisotopic (exact) mass is 269 g/mol. The second kappa shape index (κ2) is 4.75. The second-order valence-electron chi connectivity index (χ2n) is 5.13. The number of nitrogens with one attached hydrogen (secondary N) is 1. The van der Waals surface area contributed by atoms with Crippen molar-refractivity contribution in [1.82, 2.24) is 4.98 Å². The molecule has 0 unspecified atom stereocenters. The number of halogens is 1. The Hall–Kier alpha value is -1.73. The molecule has 96 valence electrons. The van der Waals surface area contributed by atoms with Crippen LogP contribution in [0.25, 0.3) is 22.0 Å². The fourth-order valence-corrected chi connectivity index (χ4v) is 2.65. The van der Waals surface area contributed by atoms with Gasteiger partial charge in [0, 0.05) is 27.7 Å². The average molecular weight is 270 g/mol. The van der Waals surface area contributed by atoms with Crippen molar-refractivity contribution in [3.63, 3.8) is 0 Å². The summed E-state index contributed by atoms with van der Waals surface area (Å²) in [7, 11) is 0. The van der Waals surface area contributed by atoms with Gasteiger partial charge < -0.3 is 4.98 Å². The number of H-pyrrole nitrogens is 1. The van der Waals surface area contributed by atoms with Crippen LogP contribution in [0.1, 0.15) is 25.3 Å². The lowest BCUT2D eigenvalue weighted by Gasteiger charge is -2.07. The zero-order chi connectivity index (χ0) is 13.4. The molecule has 0 aliphatic rings. The highest BCUT2D eigenvalue weighted by atomic mass is 35.5. The van der Waals surface area contributed by atoms with Crippen LogP contribution in [0, 0.1) is 0 Å². The number of hydrogen-bond acceptors (Lipinski definition) is 0. The third-order valence-electron chi connectivity index (χ3n) is 3.52. The Morgan fingerprint density at radius 1 is 1.00 bits per heavy atom. The lowest BCUT2D eigenvalue weighted by Crippen LogP contribution is -1.88. The lowest BCUT2D eigenvalue weighted by molar-refractivity contribution is 0.873. The molecule has 0 aliphatic carbocycles. The van der Waals surface area contributed by atoms with E-state index in [-0.39, 0.29) is 0 Å². The van der Waals surface area contributed by atoms with Gasteiger partial charge in [-0.15, -0.1) is 0 Å². The molecule has 19 heavy (non-hydrogen) atoms. The maximum absolute atomic E-state index is 5.95. The minimum atomic E-state index is 0.514. The molecule has 0 fully saturated rings. The van der Waals surface area contributed by atoms with E-state index in [1.165, 1.54) is 27.6 Å². The van der Waals surface area contributed by atoms with Crippen LogP contribution >= 0.6 is 11.6 Å². The topological polar surface area (TPSA) is 15.8 Å². The summed E-state index contributed by atoms with van der Waals surface area (Å²) in [5.41, 5.74) is 5.02. The van der Waals surface area contributed by atoms with Gasteiger partial charge in [0.05, 0.1) is 0 Å². The van der Waals surface area contributed by atoms with Crippen molar-refractivity contribution in [2.75, 3.05) is 0 Å². The van der Waals surface area contributed by atoms with Gasteiger partial charge in [-0.1, -0.05) is 55.8 Å². The van der Waals surface area contributed by atoms with Crippen molar-refractivity contribution in [1.29, 1.82) is 0 Å². The zero-order valence-electron chi connectivity index (χ0n) is 11.1. The van der Waals surface area contributed by atoms with Crippen LogP contribution in [0.4, 0.5) is 0 Å². The van der Waals surface area contributed by atoms with Gasteiger partial charge in [0.1, 0.15) is 0 Å². The van der Waals surface area contributed by atoms with Crippen molar-refractivity contribution in [3.8, 4) is 11.1 Å². The minimum absolute atomic E-state index is 0.514. The van der Waals surface area contributed by atoms with Crippen LogP contribution in [0.2, 0.25) is 5.02 Å². The van der Waals surface area contributed by atoms with Gasteiger partial charge in [0.15, 0.2) is 0 Å². The smallest absolute Gasteiger partial charge is 0.0495 e. The van der Waals surface area contributed by atoms with Crippen molar-refractivity contribution in [3.05, 3.63) is 59.2 Å². The molecular formula is C17H16ClN. The van der Waals surface area contributed by atoms with Gasteiger partial charge in [-0.05, 0) is 29.2 Å². The molecule has 0 aliphatic heterocycles. The number of aromatic nitrogens is 1. The van der Waals surface area contributed by atoms with Gasteiger partial charge >= 0.3 is 0 Å². The number of hydrogen-bond donors (Lipinski definition) is 1. The van der Waals surface area contributed by atoms with E-state index in [0.717, 1.165) is 5.02 Å². The Morgan fingerprint density at radius 3 is 2.42 bits per heavy atom. The number of para-hydroxylation sites is 1. The third-order valence-corrected chi connectivity index (χ3v) is 3.78. The minimum Gasteiger partial charge on any atom is -0.360 e. The highest BCUT2D eigenvalue weighted by Crippen LogP contribution is 2.33. The second-order valence-corrected chi connectivity index (χ2v) is 5.57. The number of rotatable bonds is 2. The highest BCUT2D eigenvalue weighted by molar-refractivity contribution is 6.30. The molecule has 0 atom stereocenters. The van der Waals surface area contributed by atoms with E-state index in [0.29, 0.717) is 5.92 Å². The number of aromatic amines is 1. The normalized spacial score (nSPS) is 11.4. The summed E-state index contributed by atoms with van der Waals surface area (Å²) in [6, 6.07) is 14.5. The molecule has 1 nitrogen and oxygen atoms in total. The first-order valence-electron chi connectivity index (χ1n) is 6.53. The van der Waals surface area contributed by atoms with E-state index in [4.69, 9.17) is 11.6 Å². The van der Waals surface area contributed by atoms with Crippen molar-refractivity contribution in [2.24, 2.45) is 0 Å². The van der Waals surface area contributed by atoms with E-state index in [2.05, 4.69) is 55.4 Å². The van der Waals surface area contributed by atoms with Gasteiger partial charge in [-0.25, -0.2) is 0 Å². The fraction of sp³-hybridized carbons (Fsp3) is 0.176. The Kier molecular flexibility index (Phi) is 3.08. The molecule has 1 heterocycles. The van der Waals surface area contributed by atoms with Crippen LogP contribution in [-0.2, 0) is 0 Å². The summed E-state index contributed by atoms with van der Waals surface area (Å²) in [6.07, 6.45) is 2.08. The van der Waals surface area contributed by atoms with Gasteiger partial charge in [0.2, 0.25) is 0 Å². The Bertz CT molecular complexity index is 708. The molecule has 3 rings (SSSR count). The van der Waals surface area contributed by atoms with Crippen LogP contribution in [0.5, 0.6) is 0 Å². The maximum atomic E-state index is 5.95. The Balaban J connectivity index is 2.21. The third kappa shape index (κ3) is 2.15. The largest absolute Gasteiger partial charge is 0.360 e. The van der Waals surface area contributed by atoms with Gasteiger partial charge in [-0.2, -0.15) is 0 Å². The molecule has 0 saturated heterocycles. The first-order chi connectivity index (χ1) is 9.16. The standard InChI is InChI=1S/C17H16ClN/c1-11(2)14-4-3-5-15-16(10-19-17(14)15)12-6-8-13(18)9-7-12/h3-11,19H,1-2H3. The predicted molar refractivity (Wildman–Crippen MR) is 82.8 cm³/mol. The SMILES string of the molecule is CC(C)c1cccc2c(-c3ccc(Cl)cc3)c[nH]c12. The van der Waals surface area contributed by atoms with Crippen LogP contribution < -0.4 is 0 Å². The molecule has 3 aromatic rings. The van der Waals surface area contributed by atoms with Gasteiger partial charge in [-0.3, -0.25) is 0 Å². The Labute approximate surface area is 118 Å². The van der Waals surface area contributed by atoms with Crippen molar-refractivity contribution >= 4 is 22.5 Å². The highest BCUT2D eigenvalue weighted by Gasteiger charge is 2.10. The predicted octanol–water partition coefficient (Wildman–Crippen LogP) is 5.61. The zero-order valence-corrected chi connectivity index (χ0v) is 11.8. The molecule has 2 heteroatoms. The van der Waals surface area contributed by atoms with Crippen LogP contribution in [0.15, 0.2) is 48.7 Å². The summed E-state index contributed by atoms with van der Waals surface area (Å²) in [5, 5.41) is 2.04. The van der Waals surface area contributed by atoms with E-state index in [9.17, 15) is 0 Å². The summed E-state index contributed by atoms with van der Waals surface area (Å²) in [4.78, 5) is 3.42. The molecule has 0 radical (unpaired) electrons. The number of benzene rings is 2. The molecule has 1 N–H and O–H groups in total. The molecule has 1 aromatic heterocycles. The van der Waals surface area contributed by atoms with Gasteiger partial charge in [0.25, 0.3) is 0 Å². The van der Waals surface area contributed by atoms with Crippen molar-refractivity contribution < 1.29 is 0 Å². The summed E-state index contributed by atoms with van der Waals surface area (Å²) in [5.74, 6) is 0.514. The molecule has 0 spiro atoms. The van der Waals surface area contributed by atoms with Crippen LogP contribution in [0.3, 0.4) is 0 Å². The number of fused-ring (bicyclic) bond motifs is 1. The van der Waals surface area contributed by atoms with Crippen LogP contribution in [-0.4, -0.2) is 4.98 Å². The molecular weight excluding hydrogens is 254 g/mol. The van der Waals surface area contributed by atoms with E-state index in [1.54, 1.807) is 0 Å². The first kappa shape index (κ1) is 12.3. The molecule has 2 aromatic carbocycles. The quantitative estimate of drug-likeness (QED) is 0.622.